The zero-order valence-electron chi connectivity index (χ0n) is 13.2. The topological polar surface area (TPSA) is 96.2 Å². The summed E-state index contributed by atoms with van der Waals surface area (Å²) in [6, 6.07) is 4.63. The van der Waals surface area contributed by atoms with Crippen LogP contribution in [0.25, 0.3) is 0 Å². The van der Waals surface area contributed by atoms with Crippen LogP contribution in [0.3, 0.4) is 0 Å². The number of nitrogen functional groups attached to an aromatic ring is 1. The summed E-state index contributed by atoms with van der Waals surface area (Å²) in [5.74, 6) is 4.84. The number of carbonyl (C=O) groups excluding carboxylic acids is 2. The van der Waals surface area contributed by atoms with Gasteiger partial charge in [0.25, 0.3) is 5.91 Å². The molecule has 0 bridgehead atoms. The van der Waals surface area contributed by atoms with E-state index >= 15 is 0 Å². The molecule has 0 fully saturated rings. The summed E-state index contributed by atoms with van der Waals surface area (Å²) < 4.78 is 0. The summed E-state index contributed by atoms with van der Waals surface area (Å²) in [6.07, 6.45) is 0. The fourth-order valence-corrected chi connectivity index (χ4v) is 1.79. The van der Waals surface area contributed by atoms with Crippen LogP contribution in [0.5, 0.6) is 0 Å². The van der Waals surface area contributed by atoms with Crippen LogP contribution in [0.15, 0.2) is 18.2 Å². The highest BCUT2D eigenvalue weighted by Crippen LogP contribution is 2.16. The molecule has 0 aliphatic carbocycles. The maximum absolute atomic E-state index is 12.2. The van der Waals surface area contributed by atoms with Gasteiger partial charge in [-0.05, 0) is 52.3 Å². The van der Waals surface area contributed by atoms with Gasteiger partial charge in [0.05, 0.1) is 11.3 Å². The van der Waals surface area contributed by atoms with Gasteiger partial charge >= 0.3 is 0 Å². The third kappa shape index (κ3) is 5.07. The van der Waals surface area contributed by atoms with Gasteiger partial charge in [-0.25, -0.2) is 0 Å². The molecule has 0 saturated heterocycles. The van der Waals surface area contributed by atoms with Crippen LogP contribution in [0.4, 0.5) is 5.69 Å². The number of anilines is 1. The number of carbonyl (C=O) groups is 2. The summed E-state index contributed by atoms with van der Waals surface area (Å²) in [5.41, 5.74) is 4.06. The van der Waals surface area contributed by atoms with Crippen molar-refractivity contribution in [1.29, 1.82) is 0 Å². The predicted molar refractivity (Wildman–Crippen MR) is 83.8 cm³/mol. The number of aryl methyl sites for hydroxylation is 1. The number of rotatable bonds is 4. The Balaban J connectivity index is 2.79. The predicted octanol–water partition coefficient (Wildman–Crippen LogP) is 1.31. The summed E-state index contributed by atoms with van der Waals surface area (Å²) in [6.45, 7) is 9.20. The summed E-state index contributed by atoms with van der Waals surface area (Å²) >= 11 is 0. The monoisotopic (exact) mass is 292 g/mol. The van der Waals surface area contributed by atoms with Crippen molar-refractivity contribution < 1.29 is 9.59 Å². The van der Waals surface area contributed by atoms with E-state index in [-0.39, 0.29) is 17.4 Å². The van der Waals surface area contributed by atoms with Gasteiger partial charge in [-0.2, -0.15) is 0 Å². The lowest BCUT2D eigenvalue weighted by Gasteiger charge is -2.24. The highest BCUT2D eigenvalue weighted by molar-refractivity contribution is 6.01. The van der Waals surface area contributed by atoms with Gasteiger partial charge in [0.1, 0.15) is 6.04 Å². The molecule has 5 N–H and O–H groups in total. The Morgan fingerprint density at radius 2 is 1.86 bits per heavy atom. The second kappa shape index (κ2) is 6.58. The third-order valence-electron chi connectivity index (χ3n) is 2.81. The second-order valence-electron chi connectivity index (χ2n) is 6.13. The highest BCUT2D eigenvalue weighted by atomic mass is 16.2. The number of benzene rings is 1. The molecule has 0 heterocycles. The minimum Gasteiger partial charge on any atom is -0.350 e. The number of hydrogen-bond donors (Lipinski definition) is 4. The van der Waals surface area contributed by atoms with Crippen LogP contribution in [0.1, 0.15) is 43.6 Å². The number of hydrogen-bond acceptors (Lipinski definition) is 4. The molecule has 21 heavy (non-hydrogen) atoms. The first-order valence-corrected chi connectivity index (χ1v) is 6.84. The highest BCUT2D eigenvalue weighted by Gasteiger charge is 2.22. The van der Waals surface area contributed by atoms with E-state index in [1.165, 1.54) is 0 Å². The Morgan fingerprint density at radius 3 is 2.38 bits per heavy atom. The molecular weight excluding hydrogens is 268 g/mol. The Morgan fingerprint density at radius 1 is 1.24 bits per heavy atom. The maximum Gasteiger partial charge on any atom is 0.254 e. The molecule has 6 nitrogen and oxygen atoms in total. The van der Waals surface area contributed by atoms with Crippen molar-refractivity contribution >= 4 is 17.5 Å². The lowest BCUT2D eigenvalue weighted by molar-refractivity contribution is -0.124. The van der Waals surface area contributed by atoms with Crippen molar-refractivity contribution in [3.63, 3.8) is 0 Å². The molecule has 6 heteroatoms. The van der Waals surface area contributed by atoms with E-state index in [9.17, 15) is 9.59 Å². The van der Waals surface area contributed by atoms with Crippen molar-refractivity contribution in [2.75, 3.05) is 5.43 Å². The average molecular weight is 292 g/mol. The van der Waals surface area contributed by atoms with Crippen LogP contribution in [0.2, 0.25) is 0 Å². The molecule has 0 aliphatic heterocycles. The van der Waals surface area contributed by atoms with Crippen LogP contribution >= 0.6 is 0 Å². The normalized spacial score (nSPS) is 12.5. The van der Waals surface area contributed by atoms with Crippen LogP contribution in [-0.2, 0) is 4.79 Å². The van der Waals surface area contributed by atoms with Gasteiger partial charge in [-0.3, -0.25) is 15.4 Å². The van der Waals surface area contributed by atoms with E-state index in [4.69, 9.17) is 5.84 Å². The zero-order valence-corrected chi connectivity index (χ0v) is 13.2. The van der Waals surface area contributed by atoms with E-state index < -0.39 is 6.04 Å². The van der Waals surface area contributed by atoms with Gasteiger partial charge in [0, 0.05) is 5.54 Å². The van der Waals surface area contributed by atoms with Gasteiger partial charge in [0.15, 0.2) is 0 Å². The second-order valence-corrected chi connectivity index (χ2v) is 6.13. The largest absolute Gasteiger partial charge is 0.350 e. The maximum atomic E-state index is 12.2. The molecule has 2 amide bonds. The molecule has 1 rings (SSSR count). The van der Waals surface area contributed by atoms with Crippen molar-refractivity contribution in [1.82, 2.24) is 10.6 Å². The summed E-state index contributed by atoms with van der Waals surface area (Å²) in [5, 5.41) is 5.49. The molecule has 1 atom stereocenters. The molecule has 0 saturated carbocycles. The SMILES string of the molecule is Cc1ccc(C(=O)NC(C)C(=O)NC(C)(C)C)c(NN)c1. The first kappa shape index (κ1) is 17.0. The van der Waals surface area contributed by atoms with Crippen LogP contribution in [-0.4, -0.2) is 23.4 Å². The fourth-order valence-electron chi connectivity index (χ4n) is 1.79. The first-order chi connectivity index (χ1) is 9.64. The van der Waals surface area contributed by atoms with Crippen LogP contribution < -0.4 is 21.9 Å². The summed E-state index contributed by atoms with van der Waals surface area (Å²) in [4.78, 5) is 24.2. The van der Waals surface area contributed by atoms with E-state index in [1.807, 2.05) is 33.8 Å². The van der Waals surface area contributed by atoms with Gasteiger partial charge in [-0.1, -0.05) is 6.07 Å². The number of nitrogens with two attached hydrogens (primary N) is 1. The lowest BCUT2D eigenvalue weighted by atomic mass is 10.1. The molecule has 116 valence electrons. The smallest absolute Gasteiger partial charge is 0.254 e. The van der Waals surface area contributed by atoms with Gasteiger partial charge in [-0.15, -0.1) is 0 Å². The van der Waals surface area contributed by atoms with Crippen molar-refractivity contribution in [2.45, 2.75) is 46.2 Å². The Labute approximate surface area is 125 Å². The van der Waals surface area contributed by atoms with Crippen molar-refractivity contribution in [2.24, 2.45) is 5.84 Å². The molecule has 0 radical (unpaired) electrons. The van der Waals surface area contributed by atoms with E-state index in [0.29, 0.717) is 11.3 Å². The van der Waals surface area contributed by atoms with Crippen molar-refractivity contribution in [3.05, 3.63) is 29.3 Å². The zero-order chi connectivity index (χ0) is 16.2. The number of hydrazine groups is 1. The Hall–Kier alpha value is -2.08. The number of nitrogens with one attached hydrogen (secondary N) is 3. The minimum atomic E-state index is -0.636. The van der Waals surface area contributed by atoms with Crippen molar-refractivity contribution in [3.8, 4) is 0 Å². The molecular formula is C15H24N4O2. The summed E-state index contributed by atoms with van der Waals surface area (Å²) in [7, 11) is 0. The van der Waals surface area contributed by atoms with Crippen LogP contribution in [0, 0.1) is 6.92 Å². The Kier molecular flexibility index (Phi) is 5.32. The third-order valence-corrected chi connectivity index (χ3v) is 2.81. The lowest BCUT2D eigenvalue weighted by Crippen LogP contribution is -2.50. The first-order valence-electron chi connectivity index (χ1n) is 6.84. The van der Waals surface area contributed by atoms with Gasteiger partial charge < -0.3 is 16.1 Å². The van der Waals surface area contributed by atoms with E-state index in [0.717, 1.165) is 5.56 Å². The number of amides is 2. The van der Waals surface area contributed by atoms with E-state index in [1.54, 1.807) is 19.1 Å². The van der Waals surface area contributed by atoms with E-state index in [2.05, 4.69) is 16.1 Å². The molecule has 1 aromatic rings. The Bertz CT molecular complexity index is 535. The standard InChI is InChI=1S/C15H24N4O2/c1-9-6-7-11(12(8-9)19-16)14(21)17-10(2)13(20)18-15(3,4)5/h6-8,10,19H,16H2,1-5H3,(H,17,21)(H,18,20). The average Bonchev–Trinajstić information content (AvgIpc) is 2.36. The molecule has 0 aliphatic rings. The molecule has 0 spiro atoms. The van der Waals surface area contributed by atoms with Gasteiger partial charge in [0.2, 0.25) is 5.91 Å². The molecule has 0 aromatic heterocycles. The molecule has 1 aromatic carbocycles. The minimum absolute atomic E-state index is 0.231. The fraction of sp³-hybridized carbons (Fsp3) is 0.467. The quantitative estimate of drug-likeness (QED) is 0.497. The molecule has 1 unspecified atom stereocenters.